The molecule has 0 heterocycles. The first-order valence-electron chi connectivity index (χ1n) is 13.7. The lowest BCUT2D eigenvalue weighted by atomic mass is 10.0. The van der Waals surface area contributed by atoms with Crippen LogP contribution < -0.4 is 11.5 Å². The molecule has 0 spiro atoms. The molecule has 6 aromatic carbocycles. The van der Waals surface area contributed by atoms with E-state index < -0.39 is 41.7 Å². The SMILES string of the molecule is Nc1c(/N=N/c2ccc(-c3ccc(/N=N/c4c(S(=O)(=O)O)cc5ccccc5c4N)c(F)c3)cc2F)c(S(=O)(=O)O)cc2ccccc12. The van der Waals surface area contributed by atoms with Crippen LogP contribution in [0.3, 0.4) is 0 Å². The van der Waals surface area contributed by atoms with Crippen molar-refractivity contribution < 1.29 is 34.7 Å². The summed E-state index contributed by atoms with van der Waals surface area (Å²) < 4.78 is 98.0. The van der Waals surface area contributed by atoms with Crippen molar-refractivity contribution in [1.82, 2.24) is 0 Å². The first kappa shape index (κ1) is 32.3. The van der Waals surface area contributed by atoms with E-state index in [1.807, 2.05) is 0 Å². The van der Waals surface area contributed by atoms with Gasteiger partial charge in [-0.15, -0.1) is 20.5 Å². The standard InChI is InChI=1S/C32H22F2N6O6S2/c33-23-13-17(9-11-25(23)37-39-31-27(47(41,42)43)15-19-5-1-3-7-21(19)29(31)35)18-10-12-26(24(34)14-18)38-40-32-28(48(44,45)46)16-20-6-2-4-8-22(20)30(32)36/h1-16H,35-36H2,(H,41,42,43)(H,44,45,46)/b39-37+,40-38+. The highest BCUT2D eigenvalue weighted by atomic mass is 32.2. The molecule has 0 unspecified atom stereocenters. The minimum absolute atomic E-state index is 0.0910. The summed E-state index contributed by atoms with van der Waals surface area (Å²) in [4.78, 5) is -1.21. The molecule has 6 rings (SSSR count). The van der Waals surface area contributed by atoms with E-state index in [1.165, 1.54) is 36.4 Å². The molecule has 0 radical (unpaired) electrons. The highest BCUT2D eigenvalue weighted by Crippen LogP contribution is 2.40. The van der Waals surface area contributed by atoms with Crippen LogP contribution in [0.2, 0.25) is 0 Å². The maximum Gasteiger partial charge on any atom is 0.296 e. The molecule has 0 bridgehead atoms. The van der Waals surface area contributed by atoms with Gasteiger partial charge in [0.15, 0.2) is 11.6 Å². The van der Waals surface area contributed by atoms with E-state index in [4.69, 9.17) is 11.5 Å². The van der Waals surface area contributed by atoms with Crippen molar-refractivity contribution in [3.63, 3.8) is 0 Å². The molecule has 0 aliphatic heterocycles. The lowest BCUT2D eigenvalue weighted by Crippen LogP contribution is -2.01. The van der Waals surface area contributed by atoms with Crippen molar-refractivity contribution in [2.75, 3.05) is 11.5 Å². The summed E-state index contributed by atoms with van der Waals surface area (Å²) >= 11 is 0. The third-order valence-electron chi connectivity index (χ3n) is 7.35. The number of rotatable bonds is 7. The van der Waals surface area contributed by atoms with Gasteiger partial charge in [-0.2, -0.15) is 16.8 Å². The monoisotopic (exact) mass is 688 g/mol. The van der Waals surface area contributed by atoms with Gasteiger partial charge < -0.3 is 11.5 Å². The third-order valence-corrected chi connectivity index (χ3v) is 9.09. The summed E-state index contributed by atoms with van der Waals surface area (Å²) in [5.41, 5.74) is 11.2. The Labute approximate surface area is 271 Å². The molecular weight excluding hydrogens is 667 g/mol. The van der Waals surface area contributed by atoms with E-state index in [2.05, 4.69) is 20.5 Å². The largest absolute Gasteiger partial charge is 0.396 e. The number of azo groups is 2. The highest BCUT2D eigenvalue weighted by molar-refractivity contribution is 7.86. The third kappa shape index (κ3) is 6.19. The second kappa shape index (κ2) is 12.2. The Kier molecular flexibility index (Phi) is 8.18. The van der Waals surface area contributed by atoms with Crippen LogP contribution in [0.4, 0.5) is 42.9 Å². The van der Waals surface area contributed by atoms with Crippen LogP contribution in [0, 0.1) is 11.6 Å². The molecule has 16 heteroatoms. The summed E-state index contributed by atoms with van der Waals surface area (Å²) in [5.74, 6) is -1.78. The minimum atomic E-state index is -4.77. The van der Waals surface area contributed by atoms with Gasteiger partial charge in [0.2, 0.25) is 0 Å². The first-order chi connectivity index (χ1) is 22.7. The van der Waals surface area contributed by atoms with Gasteiger partial charge in [0, 0.05) is 10.8 Å². The molecule has 242 valence electrons. The van der Waals surface area contributed by atoms with Crippen LogP contribution in [-0.4, -0.2) is 25.9 Å². The number of hydrogen-bond acceptors (Lipinski definition) is 10. The second-order valence-electron chi connectivity index (χ2n) is 10.4. The Hall–Kier alpha value is -5.68. The summed E-state index contributed by atoms with van der Waals surface area (Å²) in [5, 5.41) is 17.1. The number of anilines is 2. The fraction of sp³-hybridized carbons (Fsp3) is 0. The van der Waals surface area contributed by atoms with Crippen LogP contribution in [0.5, 0.6) is 0 Å². The van der Waals surface area contributed by atoms with Crippen molar-refractivity contribution in [2.24, 2.45) is 20.5 Å². The van der Waals surface area contributed by atoms with Crippen molar-refractivity contribution >= 4 is 75.9 Å². The van der Waals surface area contributed by atoms with E-state index in [-0.39, 0.29) is 45.3 Å². The van der Waals surface area contributed by atoms with Gasteiger partial charge in [-0.25, -0.2) is 8.78 Å². The number of fused-ring (bicyclic) bond motifs is 2. The summed E-state index contributed by atoms with van der Waals surface area (Å²) in [7, 11) is -9.55. The smallest absolute Gasteiger partial charge is 0.296 e. The zero-order chi connectivity index (χ0) is 34.4. The molecule has 0 saturated heterocycles. The zero-order valence-corrected chi connectivity index (χ0v) is 25.9. The Morgan fingerprint density at radius 3 is 1.25 bits per heavy atom. The molecule has 6 aromatic rings. The van der Waals surface area contributed by atoms with Gasteiger partial charge in [0.1, 0.15) is 32.5 Å². The van der Waals surface area contributed by atoms with E-state index in [0.29, 0.717) is 21.5 Å². The molecule has 0 atom stereocenters. The molecule has 0 aromatic heterocycles. The predicted molar refractivity (Wildman–Crippen MR) is 176 cm³/mol. The van der Waals surface area contributed by atoms with Crippen LogP contribution in [0.15, 0.2) is 127 Å². The molecule has 0 amide bonds. The van der Waals surface area contributed by atoms with E-state index >= 15 is 8.78 Å². The Balaban J connectivity index is 1.31. The van der Waals surface area contributed by atoms with E-state index in [1.54, 1.807) is 48.5 Å². The normalized spacial score (nSPS) is 12.5. The number of nitrogens with zero attached hydrogens (tertiary/aromatic N) is 4. The van der Waals surface area contributed by atoms with Gasteiger partial charge in [-0.05, 0) is 58.3 Å². The van der Waals surface area contributed by atoms with E-state index in [9.17, 15) is 25.9 Å². The summed E-state index contributed by atoms with van der Waals surface area (Å²) in [6, 6.07) is 22.8. The Morgan fingerprint density at radius 1 is 0.521 bits per heavy atom. The Bertz CT molecular complexity index is 2400. The molecule has 12 nitrogen and oxygen atoms in total. The lowest BCUT2D eigenvalue weighted by molar-refractivity contribution is 0.481. The first-order valence-corrected chi connectivity index (χ1v) is 16.6. The molecule has 0 aliphatic rings. The second-order valence-corrected chi connectivity index (χ2v) is 13.2. The maximum atomic E-state index is 15.1. The topological polar surface area (TPSA) is 210 Å². The maximum absolute atomic E-state index is 15.1. The van der Waals surface area contributed by atoms with Crippen LogP contribution in [0.25, 0.3) is 32.7 Å². The number of nitrogens with two attached hydrogens (primary N) is 2. The fourth-order valence-electron chi connectivity index (χ4n) is 5.02. The van der Waals surface area contributed by atoms with Crippen molar-refractivity contribution in [2.45, 2.75) is 9.79 Å². The minimum Gasteiger partial charge on any atom is -0.396 e. The molecule has 0 fully saturated rings. The zero-order valence-electron chi connectivity index (χ0n) is 24.3. The quantitative estimate of drug-likeness (QED) is 0.0724. The number of hydrogen-bond donors (Lipinski definition) is 4. The van der Waals surface area contributed by atoms with Gasteiger partial charge in [0.25, 0.3) is 20.2 Å². The number of halogens is 2. The fourth-order valence-corrected chi connectivity index (χ4v) is 6.36. The molecule has 0 saturated carbocycles. The molecule has 6 N–H and O–H groups in total. The predicted octanol–water partition coefficient (Wildman–Crippen LogP) is 8.43. The van der Waals surface area contributed by atoms with Gasteiger partial charge in [0.05, 0.1) is 11.4 Å². The van der Waals surface area contributed by atoms with Crippen LogP contribution >= 0.6 is 0 Å². The van der Waals surface area contributed by atoms with Crippen LogP contribution in [-0.2, 0) is 20.2 Å². The summed E-state index contributed by atoms with van der Waals surface area (Å²) in [6.07, 6.45) is 0. The lowest BCUT2D eigenvalue weighted by Gasteiger charge is -2.10. The van der Waals surface area contributed by atoms with Crippen molar-refractivity contribution in [3.8, 4) is 11.1 Å². The highest BCUT2D eigenvalue weighted by Gasteiger charge is 2.22. The van der Waals surface area contributed by atoms with E-state index in [0.717, 1.165) is 12.1 Å². The summed E-state index contributed by atoms with van der Waals surface area (Å²) in [6.45, 7) is 0. The van der Waals surface area contributed by atoms with Gasteiger partial charge in [-0.1, -0.05) is 60.7 Å². The molecular formula is C32H22F2N6O6S2. The average Bonchev–Trinajstić information content (AvgIpc) is 3.04. The Morgan fingerprint density at radius 2 is 0.896 bits per heavy atom. The van der Waals surface area contributed by atoms with Gasteiger partial charge in [-0.3, -0.25) is 9.11 Å². The van der Waals surface area contributed by atoms with Crippen LogP contribution in [0.1, 0.15) is 0 Å². The van der Waals surface area contributed by atoms with Gasteiger partial charge >= 0.3 is 0 Å². The van der Waals surface area contributed by atoms with Crippen molar-refractivity contribution in [3.05, 3.63) is 109 Å². The molecule has 0 aliphatic carbocycles. The van der Waals surface area contributed by atoms with Crippen molar-refractivity contribution in [1.29, 1.82) is 0 Å². The molecule has 48 heavy (non-hydrogen) atoms. The number of benzene rings is 6. The average molecular weight is 689 g/mol. The number of nitrogen functional groups attached to an aromatic ring is 2.